The molecule has 220 valence electrons. The number of aromatic nitrogens is 4. The van der Waals surface area contributed by atoms with Crippen LogP contribution >= 0.6 is 11.6 Å². The van der Waals surface area contributed by atoms with Crippen molar-refractivity contribution in [2.75, 3.05) is 31.1 Å². The van der Waals surface area contributed by atoms with E-state index in [1.165, 1.54) is 10.6 Å². The van der Waals surface area contributed by atoms with Crippen LogP contribution in [0.15, 0.2) is 47.4 Å². The first kappa shape index (κ1) is 28.7. The molecule has 0 bridgehead atoms. The first-order valence-electron chi connectivity index (χ1n) is 14.1. The van der Waals surface area contributed by atoms with Crippen LogP contribution in [-0.2, 0) is 9.53 Å². The van der Waals surface area contributed by atoms with E-state index < -0.39 is 23.7 Å². The van der Waals surface area contributed by atoms with Gasteiger partial charge in [-0.05, 0) is 42.7 Å². The third-order valence-electron chi connectivity index (χ3n) is 7.86. The number of aryl methyl sites for hydroxylation is 1. The number of nitriles is 1. The number of amides is 1. The van der Waals surface area contributed by atoms with Crippen molar-refractivity contribution in [1.29, 1.82) is 5.26 Å². The Hall–Kier alpha value is -4.40. The number of carbonyl (C=O) groups is 1. The summed E-state index contributed by atoms with van der Waals surface area (Å²) in [6.45, 7) is 7.19. The van der Waals surface area contributed by atoms with Crippen LogP contribution in [0.1, 0.15) is 37.4 Å². The number of carbonyl (C=O) groups excluding carboxylic acids is 1. The maximum Gasteiger partial charge on any atom is 0.355 e. The maximum atomic E-state index is 15.0. The quantitative estimate of drug-likeness (QED) is 0.298. The van der Waals surface area contributed by atoms with Crippen molar-refractivity contribution in [2.45, 2.75) is 45.3 Å². The molecule has 2 aliphatic heterocycles. The summed E-state index contributed by atoms with van der Waals surface area (Å²) >= 11 is 6.77. The SMILES string of the molecule is Cc1ccnc(C(C)C)c1-n1c(=O)nc(N2CCN(C(=O)C3CO3)[C@@H](CC#N)C2)c2cc(Cl)c(-c3ccccc3F)nc21. The fourth-order valence-corrected chi connectivity index (χ4v) is 5.92. The van der Waals surface area contributed by atoms with Gasteiger partial charge in [-0.1, -0.05) is 37.6 Å². The summed E-state index contributed by atoms with van der Waals surface area (Å²) < 4.78 is 21.6. The Morgan fingerprint density at radius 2 is 2.00 bits per heavy atom. The van der Waals surface area contributed by atoms with Gasteiger partial charge in [0.05, 0.1) is 52.6 Å². The summed E-state index contributed by atoms with van der Waals surface area (Å²) in [5.41, 5.74) is 2.08. The molecule has 0 spiro atoms. The zero-order chi connectivity index (χ0) is 30.4. The van der Waals surface area contributed by atoms with Gasteiger partial charge >= 0.3 is 5.69 Å². The lowest BCUT2D eigenvalue weighted by Crippen LogP contribution is -2.56. The van der Waals surface area contributed by atoms with Crippen molar-refractivity contribution >= 4 is 34.4 Å². The van der Waals surface area contributed by atoms with E-state index in [1.54, 1.807) is 35.4 Å². The number of hydrogen-bond donors (Lipinski definition) is 0. The lowest BCUT2D eigenvalue weighted by atomic mass is 10.0. The van der Waals surface area contributed by atoms with Gasteiger partial charge in [-0.3, -0.25) is 9.78 Å². The minimum Gasteiger partial charge on any atom is -0.363 e. The second-order valence-electron chi connectivity index (χ2n) is 11.1. The Bertz CT molecular complexity index is 1850. The summed E-state index contributed by atoms with van der Waals surface area (Å²) in [6.07, 6.45) is 1.34. The van der Waals surface area contributed by atoms with E-state index >= 15 is 0 Å². The number of piperazine rings is 1. The molecule has 12 heteroatoms. The van der Waals surface area contributed by atoms with Crippen LogP contribution in [0.2, 0.25) is 5.02 Å². The predicted octanol–water partition coefficient (Wildman–Crippen LogP) is 4.40. The number of hydrogen-bond acceptors (Lipinski definition) is 8. The fourth-order valence-electron chi connectivity index (χ4n) is 5.67. The second-order valence-corrected chi connectivity index (χ2v) is 11.5. The highest BCUT2D eigenvalue weighted by molar-refractivity contribution is 6.33. The van der Waals surface area contributed by atoms with Crippen LogP contribution in [-0.4, -0.2) is 68.7 Å². The van der Waals surface area contributed by atoms with Gasteiger partial charge in [0.2, 0.25) is 0 Å². The Labute approximate surface area is 252 Å². The van der Waals surface area contributed by atoms with E-state index in [-0.39, 0.29) is 46.7 Å². The van der Waals surface area contributed by atoms with E-state index in [4.69, 9.17) is 21.3 Å². The van der Waals surface area contributed by atoms with Crippen molar-refractivity contribution in [3.8, 4) is 23.0 Å². The minimum atomic E-state index is -0.587. The van der Waals surface area contributed by atoms with Gasteiger partial charge < -0.3 is 14.5 Å². The molecule has 4 aromatic rings. The van der Waals surface area contributed by atoms with Crippen LogP contribution < -0.4 is 10.6 Å². The number of rotatable bonds is 6. The zero-order valence-electron chi connectivity index (χ0n) is 23.9. The molecule has 1 aromatic carbocycles. The van der Waals surface area contributed by atoms with Crippen molar-refractivity contribution < 1.29 is 13.9 Å². The van der Waals surface area contributed by atoms with E-state index in [9.17, 15) is 19.2 Å². The van der Waals surface area contributed by atoms with Gasteiger partial charge in [-0.2, -0.15) is 10.2 Å². The van der Waals surface area contributed by atoms with Gasteiger partial charge in [-0.15, -0.1) is 0 Å². The molecule has 5 heterocycles. The number of nitrogens with zero attached hydrogens (tertiary/aromatic N) is 7. The summed E-state index contributed by atoms with van der Waals surface area (Å²) in [7, 11) is 0. The Kier molecular flexibility index (Phi) is 7.58. The number of pyridine rings is 2. The van der Waals surface area contributed by atoms with E-state index in [0.29, 0.717) is 42.3 Å². The topological polar surface area (TPSA) is 121 Å². The van der Waals surface area contributed by atoms with E-state index in [0.717, 1.165) is 5.56 Å². The third kappa shape index (κ3) is 5.21. The Morgan fingerprint density at radius 3 is 2.70 bits per heavy atom. The first-order valence-corrected chi connectivity index (χ1v) is 14.5. The minimum absolute atomic E-state index is 0.0253. The van der Waals surface area contributed by atoms with Gasteiger partial charge in [0.15, 0.2) is 11.8 Å². The molecule has 3 aromatic heterocycles. The number of fused-ring (bicyclic) bond motifs is 1. The Morgan fingerprint density at radius 1 is 1.23 bits per heavy atom. The zero-order valence-corrected chi connectivity index (χ0v) is 24.7. The van der Waals surface area contributed by atoms with Gasteiger partial charge in [-0.25, -0.2) is 18.7 Å². The summed E-state index contributed by atoms with van der Waals surface area (Å²) in [4.78, 5) is 44.4. The van der Waals surface area contributed by atoms with Crippen LogP contribution in [0.3, 0.4) is 0 Å². The highest BCUT2D eigenvalue weighted by atomic mass is 35.5. The van der Waals surface area contributed by atoms with Crippen molar-refractivity contribution in [3.63, 3.8) is 0 Å². The number of halogens is 2. The number of epoxide rings is 1. The van der Waals surface area contributed by atoms with E-state index in [1.807, 2.05) is 31.7 Å². The average Bonchev–Trinajstić information content (AvgIpc) is 3.83. The van der Waals surface area contributed by atoms with Crippen molar-refractivity contribution in [1.82, 2.24) is 24.4 Å². The molecule has 0 N–H and O–H groups in total. The highest BCUT2D eigenvalue weighted by Crippen LogP contribution is 2.36. The van der Waals surface area contributed by atoms with Gasteiger partial charge in [0.25, 0.3) is 5.91 Å². The molecule has 0 saturated carbocycles. The molecular formula is C31H29ClFN7O3. The van der Waals surface area contributed by atoms with Gasteiger partial charge in [0, 0.05) is 31.4 Å². The lowest BCUT2D eigenvalue weighted by molar-refractivity contribution is -0.135. The smallest absolute Gasteiger partial charge is 0.355 e. The molecular weight excluding hydrogens is 573 g/mol. The fraction of sp³-hybridized carbons (Fsp3) is 0.355. The van der Waals surface area contributed by atoms with Gasteiger partial charge in [0.1, 0.15) is 11.6 Å². The van der Waals surface area contributed by atoms with Crippen LogP contribution in [0.5, 0.6) is 0 Å². The molecule has 2 atom stereocenters. The number of anilines is 1. The van der Waals surface area contributed by atoms with E-state index in [2.05, 4.69) is 16.0 Å². The standard InChI is InChI=1S/C31H29ClFN7O3/c1-17(2)25-27(18(3)9-11-35-25)40-29-21(14-22(32)26(36-29)20-6-4-5-7-23(20)33)28(37-31(40)42)38-12-13-39(19(15-38)8-10-34)30(41)24-16-43-24/h4-7,9,11,14,17,19,24H,8,12-13,15-16H2,1-3H3/t19-,24?/m0/s1. The largest absolute Gasteiger partial charge is 0.363 e. The summed E-state index contributed by atoms with van der Waals surface area (Å²) in [6, 6.07) is 11.4. The number of ether oxygens (including phenoxy) is 1. The average molecular weight is 602 g/mol. The first-order chi connectivity index (χ1) is 20.7. The molecule has 0 aliphatic carbocycles. The molecule has 2 fully saturated rings. The molecule has 1 unspecified atom stereocenters. The van der Waals surface area contributed by atoms with Crippen LogP contribution in [0, 0.1) is 24.1 Å². The normalized spacial score (nSPS) is 18.3. The predicted molar refractivity (Wildman–Crippen MR) is 160 cm³/mol. The lowest BCUT2D eigenvalue weighted by Gasteiger charge is -2.41. The number of benzene rings is 1. The molecule has 43 heavy (non-hydrogen) atoms. The van der Waals surface area contributed by atoms with Crippen molar-refractivity contribution in [3.05, 3.63) is 75.2 Å². The second kappa shape index (κ2) is 11.4. The highest BCUT2D eigenvalue weighted by Gasteiger charge is 2.40. The van der Waals surface area contributed by atoms with Crippen molar-refractivity contribution in [2.24, 2.45) is 0 Å². The molecule has 2 aliphatic rings. The molecule has 1 amide bonds. The molecule has 10 nitrogen and oxygen atoms in total. The summed E-state index contributed by atoms with van der Waals surface area (Å²) in [5.74, 6) is -0.334. The monoisotopic (exact) mass is 601 g/mol. The third-order valence-corrected chi connectivity index (χ3v) is 8.14. The Balaban J connectivity index is 1.57. The van der Waals surface area contributed by atoms with Crippen LogP contribution in [0.4, 0.5) is 10.2 Å². The maximum absolute atomic E-state index is 15.0. The molecule has 6 rings (SSSR count). The molecule has 0 radical (unpaired) electrons. The molecule has 2 saturated heterocycles. The van der Waals surface area contributed by atoms with Crippen LogP contribution in [0.25, 0.3) is 28.0 Å². The summed E-state index contributed by atoms with van der Waals surface area (Å²) in [5, 5.41) is 10.2.